The van der Waals surface area contributed by atoms with Crippen molar-refractivity contribution in [2.24, 2.45) is 5.92 Å². The molecule has 1 aromatic carbocycles. The molecule has 1 unspecified atom stereocenters. The predicted octanol–water partition coefficient (Wildman–Crippen LogP) is 4.89. The average molecular weight is 492 g/mol. The number of aryl methyl sites for hydroxylation is 2. The minimum absolute atomic E-state index is 0.0506. The molecule has 184 valence electrons. The fourth-order valence-corrected chi connectivity index (χ4v) is 5.02. The number of aliphatic hydroxyl groups is 1. The maximum atomic E-state index is 14.2. The van der Waals surface area contributed by atoms with E-state index in [2.05, 4.69) is 0 Å². The number of benzene rings is 1. The molecule has 1 fully saturated rings. The van der Waals surface area contributed by atoms with Gasteiger partial charge in [-0.1, -0.05) is 49.4 Å². The van der Waals surface area contributed by atoms with Crippen LogP contribution in [0, 0.1) is 5.92 Å². The third kappa shape index (κ3) is 6.73. The first-order valence-electron chi connectivity index (χ1n) is 11.5. The summed E-state index contributed by atoms with van der Waals surface area (Å²) < 4.78 is 33.0. The van der Waals surface area contributed by atoms with Gasteiger partial charge in [-0.15, -0.1) is 11.3 Å². The summed E-state index contributed by atoms with van der Waals surface area (Å²) >= 11 is 1.30. The number of hydrogen-bond donors (Lipinski definition) is 1. The molecule has 3 rings (SSSR count). The zero-order valence-corrected chi connectivity index (χ0v) is 20.3. The number of amides is 1. The van der Waals surface area contributed by atoms with E-state index in [0.29, 0.717) is 17.7 Å². The molecule has 8 heteroatoms. The van der Waals surface area contributed by atoms with Crippen molar-refractivity contribution in [3.05, 3.63) is 69.9 Å². The number of halogens is 2. The second kappa shape index (κ2) is 11.7. The Labute approximate surface area is 203 Å². The molecule has 0 bridgehead atoms. The van der Waals surface area contributed by atoms with Crippen molar-refractivity contribution in [2.45, 2.75) is 57.1 Å². The standard InChI is InChI=1S/C26H31F2NO4S/c1-18(10-11-19-7-4-3-5-8-19)22(30)14-12-20-17-26(27,28)25(32)29(20)16-6-9-21-13-15-23(34-21)24(31)33-2/h3-5,7-8,12-15,18,20,22,30H,6,9-11,16-17H2,1-2H3/b14-12+/t18-,20?,22-/m0/s1. The molecule has 0 saturated carbocycles. The van der Waals surface area contributed by atoms with Gasteiger partial charge in [0.2, 0.25) is 0 Å². The first-order valence-corrected chi connectivity index (χ1v) is 12.3. The van der Waals surface area contributed by atoms with Crippen molar-refractivity contribution in [3.63, 3.8) is 0 Å². The number of thiophene rings is 1. The van der Waals surface area contributed by atoms with Crippen LogP contribution in [0.25, 0.3) is 0 Å². The van der Waals surface area contributed by atoms with E-state index >= 15 is 0 Å². The Balaban J connectivity index is 1.54. The highest BCUT2D eigenvalue weighted by Gasteiger charge is 2.52. The molecular weight excluding hydrogens is 460 g/mol. The van der Waals surface area contributed by atoms with E-state index in [1.165, 1.54) is 28.9 Å². The zero-order valence-electron chi connectivity index (χ0n) is 19.5. The largest absolute Gasteiger partial charge is 0.465 e. The van der Waals surface area contributed by atoms with E-state index < -0.39 is 36.4 Å². The lowest BCUT2D eigenvalue weighted by Crippen LogP contribution is -2.36. The summed E-state index contributed by atoms with van der Waals surface area (Å²) in [6.45, 7) is 2.10. The number of nitrogens with zero attached hydrogens (tertiary/aromatic N) is 1. The first-order chi connectivity index (χ1) is 16.2. The average Bonchev–Trinajstić information content (AvgIpc) is 3.39. The predicted molar refractivity (Wildman–Crippen MR) is 128 cm³/mol. The summed E-state index contributed by atoms with van der Waals surface area (Å²) in [6.07, 6.45) is 4.35. The number of alkyl halides is 2. The Kier molecular flexibility index (Phi) is 8.97. The topological polar surface area (TPSA) is 66.8 Å². The van der Waals surface area contributed by atoms with E-state index in [9.17, 15) is 23.5 Å². The molecule has 2 aromatic rings. The molecule has 1 aliphatic rings. The fraction of sp³-hybridized carbons (Fsp3) is 0.462. The highest BCUT2D eigenvalue weighted by Crippen LogP contribution is 2.34. The van der Waals surface area contributed by atoms with Crippen molar-refractivity contribution in [1.82, 2.24) is 4.90 Å². The van der Waals surface area contributed by atoms with Gasteiger partial charge in [0.1, 0.15) is 4.88 Å². The molecule has 1 aromatic heterocycles. The lowest BCUT2D eigenvalue weighted by molar-refractivity contribution is -0.148. The van der Waals surface area contributed by atoms with Crippen LogP contribution >= 0.6 is 11.3 Å². The van der Waals surface area contributed by atoms with Gasteiger partial charge in [-0.3, -0.25) is 4.79 Å². The lowest BCUT2D eigenvalue weighted by atomic mass is 9.95. The third-order valence-corrected chi connectivity index (χ3v) is 7.28. The zero-order chi connectivity index (χ0) is 24.7. The lowest BCUT2D eigenvalue weighted by Gasteiger charge is -2.22. The number of methoxy groups -OCH3 is 1. The van der Waals surface area contributed by atoms with Crippen molar-refractivity contribution in [3.8, 4) is 0 Å². The van der Waals surface area contributed by atoms with Gasteiger partial charge in [0, 0.05) is 17.8 Å². The van der Waals surface area contributed by atoms with E-state index in [1.807, 2.05) is 43.3 Å². The second-order valence-electron chi connectivity index (χ2n) is 8.71. The number of carbonyl (C=O) groups is 2. The van der Waals surface area contributed by atoms with Crippen LogP contribution in [0.4, 0.5) is 8.78 Å². The van der Waals surface area contributed by atoms with Crippen LogP contribution in [0.1, 0.15) is 46.3 Å². The third-order valence-electron chi connectivity index (χ3n) is 6.15. The van der Waals surface area contributed by atoms with Crippen LogP contribution in [0.5, 0.6) is 0 Å². The van der Waals surface area contributed by atoms with Gasteiger partial charge in [0.05, 0.1) is 19.3 Å². The van der Waals surface area contributed by atoms with E-state index in [4.69, 9.17) is 4.74 Å². The normalized spacial score (nSPS) is 19.5. The molecule has 1 aliphatic heterocycles. The van der Waals surface area contributed by atoms with Crippen molar-refractivity contribution >= 4 is 23.2 Å². The fourth-order valence-electron chi connectivity index (χ4n) is 4.05. The molecule has 1 N–H and O–H groups in total. The molecular formula is C26H31F2NO4S. The second-order valence-corrected chi connectivity index (χ2v) is 9.88. The number of aliphatic hydroxyl groups excluding tert-OH is 1. The van der Waals surface area contributed by atoms with Crippen molar-refractivity contribution in [2.75, 3.05) is 13.7 Å². The van der Waals surface area contributed by atoms with E-state index in [1.54, 1.807) is 18.2 Å². The number of ether oxygens (including phenoxy) is 1. The maximum Gasteiger partial charge on any atom is 0.348 e. The number of likely N-dealkylation sites (tertiary alicyclic amines) is 1. The van der Waals surface area contributed by atoms with Crippen LogP contribution in [-0.2, 0) is 22.4 Å². The van der Waals surface area contributed by atoms with Crippen LogP contribution in [0.15, 0.2) is 54.6 Å². The van der Waals surface area contributed by atoms with Gasteiger partial charge in [0.25, 0.3) is 5.91 Å². The number of carbonyl (C=O) groups excluding carboxylic acids is 2. The molecule has 1 saturated heterocycles. The molecule has 3 atom stereocenters. The first kappa shape index (κ1) is 26.0. The van der Waals surface area contributed by atoms with Crippen LogP contribution in [0.3, 0.4) is 0 Å². The molecule has 0 spiro atoms. The Morgan fingerprint density at radius 3 is 2.71 bits per heavy atom. The molecule has 0 radical (unpaired) electrons. The summed E-state index contributed by atoms with van der Waals surface area (Å²) in [4.78, 5) is 26.5. The Morgan fingerprint density at radius 1 is 1.26 bits per heavy atom. The quantitative estimate of drug-likeness (QED) is 0.359. The van der Waals surface area contributed by atoms with Gasteiger partial charge in [-0.05, 0) is 49.3 Å². The number of hydrogen-bond acceptors (Lipinski definition) is 5. The summed E-state index contributed by atoms with van der Waals surface area (Å²) in [7, 11) is 1.32. The van der Waals surface area contributed by atoms with Crippen LogP contribution in [0.2, 0.25) is 0 Å². The maximum absolute atomic E-state index is 14.2. The van der Waals surface area contributed by atoms with E-state index in [0.717, 1.165) is 17.7 Å². The molecule has 2 heterocycles. The Hall–Kier alpha value is -2.58. The summed E-state index contributed by atoms with van der Waals surface area (Å²) in [5.74, 6) is -5.03. The highest BCUT2D eigenvalue weighted by atomic mass is 32.1. The van der Waals surface area contributed by atoms with Gasteiger partial charge >= 0.3 is 11.9 Å². The summed E-state index contributed by atoms with van der Waals surface area (Å²) in [5.41, 5.74) is 1.18. The van der Waals surface area contributed by atoms with Gasteiger partial charge in [0.15, 0.2) is 0 Å². The number of rotatable bonds is 11. The van der Waals surface area contributed by atoms with E-state index in [-0.39, 0.29) is 12.5 Å². The summed E-state index contributed by atoms with van der Waals surface area (Å²) in [5, 5.41) is 10.5. The molecule has 34 heavy (non-hydrogen) atoms. The van der Waals surface area contributed by atoms with Crippen molar-refractivity contribution in [1.29, 1.82) is 0 Å². The minimum Gasteiger partial charge on any atom is -0.465 e. The van der Waals surface area contributed by atoms with Gasteiger partial charge in [-0.2, -0.15) is 8.78 Å². The smallest absolute Gasteiger partial charge is 0.348 e. The van der Waals surface area contributed by atoms with Crippen LogP contribution < -0.4 is 0 Å². The minimum atomic E-state index is -3.40. The molecule has 0 aliphatic carbocycles. The monoisotopic (exact) mass is 491 g/mol. The number of esters is 1. The molecule has 5 nitrogen and oxygen atoms in total. The van der Waals surface area contributed by atoms with Gasteiger partial charge in [-0.25, -0.2) is 4.79 Å². The Morgan fingerprint density at radius 2 is 2.00 bits per heavy atom. The SMILES string of the molecule is COC(=O)c1ccc(CCCN2C(=O)C(F)(F)CC2/C=C/[C@H](O)[C@@H](C)CCc2ccccc2)s1. The van der Waals surface area contributed by atoms with Gasteiger partial charge < -0.3 is 14.7 Å². The Bertz CT molecular complexity index is 992. The molecule has 1 amide bonds. The highest BCUT2D eigenvalue weighted by molar-refractivity contribution is 7.13. The van der Waals surface area contributed by atoms with Crippen molar-refractivity contribution < 1.29 is 28.2 Å². The van der Waals surface area contributed by atoms with Crippen LogP contribution in [-0.4, -0.2) is 53.6 Å². The summed E-state index contributed by atoms with van der Waals surface area (Å²) in [6, 6.07) is 12.7.